The van der Waals surface area contributed by atoms with E-state index < -0.39 is 0 Å². The van der Waals surface area contributed by atoms with Gasteiger partial charge in [-0.25, -0.2) is 0 Å². The molecule has 0 saturated heterocycles. The molecule has 1 amide bonds. The molecule has 1 atom stereocenters. The standard InChI is InChI=1S/C24H23Cl2N3O2/c1-4-20(30)27-17-8-6-5-7-15(17)24-16-10-9-14(12-18(16)28-29-24)21-22(25)13(2)11-19(31-3)23(21)26/h4-8,11,14H,1,9-10,12H2,2-3H3,(H,27,30)(H,28,29)/t14-/m1/s1. The van der Waals surface area contributed by atoms with E-state index in [2.05, 4.69) is 22.1 Å². The molecule has 0 saturated carbocycles. The smallest absolute Gasteiger partial charge is 0.247 e. The van der Waals surface area contributed by atoms with Crippen molar-refractivity contribution in [3.63, 3.8) is 0 Å². The Bertz CT molecular complexity index is 1170. The van der Waals surface area contributed by atoms with Gasteiger partial charge in [0.05, 0.1) is 23.5 Å². The minimum Gasteiger partial charge on any atom is -0.495 e. The number of nitrogens with one attached hydrogen (secondary N) is 2. The maximum atomic E-state index is 11.8. The zero-order chi connectivity index (χ0) is 22.1. The molecule has 2 aromatic carbocycles. The number of aromatic amines is 1. The number of carbonyl (C=O) groups is 1. The van der Waals surface area contributed by atoms with Crippen LogP contribution in [0.4, 0.5) is 5.69 Å². The lowest BCUT2D eigenvalue weighted by Crippen LogP contribution is -2.14. The number of aryl methyl sites for hydroxylation is 1. The maximum Gasteiger partial charge on any atom is 0.247 e. The molecule has 1 aliphatic rings. The van der Waals surface area contributed by atoms with E-state index in [1.807, 2.05) is 37.3 Å². The Morgan fingerprint density at radius 2 is 2.10 bits per heavy atom. The molecule has 3 aromatic rings. The summed E-state index contributed by atoms with van der Waals surface area (Å²) in [5, 5.41) is 11.9. The zero-order valence-corrected chi connectivity index (χ0v) is 18.9. The number of para-hydroxylation sites is 1. The lowest BCUT2D eigenvalue weighted by atomic mass is 9.81. The number of hydrogen-bond donors (Lipinski definition) is 2. The number of aromatic nitrogens is 2. The quantitative estimate of drug-likeness (QED) is 0.456. The summed E-state index contributed by atoms with van der Waals surface area (Å²) in [5.41, 5.74) is 6.53. The van der Waals surface area contributed by atoms with Crippen LogP contribution in [-0.2, 0) is 17.6 Å². The summed E-state index contributed by atoms with van der Waals surface area (Å²) in [6, 6.07) is 9.50. The molecule has 160 valence electrons. The zero-order valence-electron chi connectivity index (χ0n) is 17.4. The van der Waals surface area contributed by atoms with E-state index in [0.29, 0.717) is 21.5 Å². The van der Waals surface area contributed by atoms with Crippen LogP contribution in [0.3, 0.4) is 0 Å². The van der Waals surface area contributed by atoms with Gasteiger partial charge in [0.1, 0.15) is 5.75 Å². The van der Waals surface area contributed by atoms with Crippen molar-refractivity contribution in [3.05, 3.63) is 75.4 Å². The van der Waals surface area contributed by atoms with E-state index in [4.69, 9.17) is 27.9 Å². The minimum absolute atomic E-state index is 0.158. The summed E-state index contributed by atoms with van der Waals surface area (Å²) in [4.78, 5) is 11.8. The Balaban J connectivity index is 1.69. The number of halogens is 2. The van der Waals surface area contributed by atoms with Gasteiger partial charge in [-0.1, -0.05) is 48.0 Å². The first-order valence-corrected chi connectivity index (χ1v) is 10.8. The van der Waals surface area contributed by atoms with Gasteiger partial charge >= 0.3 is 0 Å². The van der Waals surface area contributed by atoms with Crippen molar-refractivity contribution in [2.75, 3.05) is 12.4 Å². The Morgan fingerprint density at radius 3 is 2.84 bits per heavy atom. The first-order chi connectivity index (χ1) is 14.9. The van der Waals surface area contributed by atoms with Gasteiger partial charge in [-0.3, -0.25) is 9.89 Å². The third-order valence-corrected chi connectivity index (χ3v) is 6.67. The SMILES string of the molecule is C=CC(=O)Nc1ccccc1-c1n[nH]c2c1CC[C@@H](c1c(Cl)c(C)cc(OC)c1Cl)C2. The van der Waals surface area contributed by atoms with E-state index in [0.717, 1.165) is 52.9 Å². The molecule has 1 heterocycles. The first kappa shape index (κ1) is 21.5. The van der Waals surface area contributed by atoms with Crippen LogP contribution in [-0.4, -0.2) is 23.2 Å². The van der Waals surface area contributed by atoms with E-state index in [1.165, 1.54) is 6.08 Å². The molecule has 2 N–H and O–H groups in total. The van der Waals surface area contributed by atoms with Gasteiger partial charge in [0.25, 0.3) is 0 Å². The molecule has 1 aromatic heterocycles. The van der Waals surface area contributed by atoms with Crippen molar-refractivity contribution in [3.8, 4) is 17.0 Å². The monoisotopic (exact) mass is 455 g/mol. The highest BCUT2D eigenvalue weighted by Crippen LogP contribution is 2.45. The van der Waals surface area contributed by atoms with Crippen molar-refractivity contribution in [1.29, 1.82) is 0 Å². The number of rotatable bonds is 5. The Morgan fingerprint density at radius 1 is 1.32 bits per heavy atom. The first-order valence-electron chi connectivity index (χ1n) is 10.1. The van der Waals surface area contributed by atoms with E-state index in [-0.39, 0.29) is 11.8 Å². The van der Waals surface area contributed by atoms with E-state index >= 15 is 0 Å². The lowest BCUT2D eigenvalue weighted by molar-refractivity contribution is -0.111. The number of fused-ring (bicyclic) bond motifs is 1. The van der Waals surface area contributed by atoms with E-state index in [1.54, 1.807) is 7.11 Å². The van der Waals surface area contributed by atoms with Gasteiger partial charge in [0.2, 0.25) is 5.91 Å². The van der Waals surface area contributed by atoms with Gasteiger partial charge in [-0.2, -0.15) is 5.10 Å². The van der Waals surface area contributed by atoms with Crippen LogP contribution in [0.1, 0.15) is 34.7 Å². The highest BCUT2D eigenvalue weighted by molar-refractivity contribution is 6.37. The number of H-pyrrole nitrogens is 1. The van der Waals surface area contributed by atoms with Crippen molar-refractivity contribution >= 4 is 34.8 Å². The Kier molecular flexibility index (Phi) is 6.08. The Labute approximate surface area is 191 Å². The average molecular weight is 456 g/mol. The fraction of sp³-hybridized carbons (Fsp3) is 0.250. The Hall–Kier alpha value is -2.76. The lowest BCUT2D eigenvalue weighted by Gasteiger charge is -2.26. The van der Waals surface area contributed by atoms with Crippen LogP contribution < -0.4 is 10.1 Å². The normalized spacial score (nSPS) is 15.3. The summed E-state index contributed by atoms with van der Waals surface area (Å²) in [6.07, 6.45) is 3.70. The molecule has 7 heteroatoms. The number of anilines is 1. The third-order valence-electron chi connectivity index (χ3n) is 5.78. The molecule has 0 fully saturated rings. The number of hydrogen-bond acceptors (Lipinski definition) is 3. The van der Waals surface area contributed by atoms with Gasteiger partial charge in [-0.05, 0) is 61.4 Å². The maximum absolute atomic E-state index is 11.8. The molecule has 31 heavy (non-hydrogen) atoms. The number of carbonyl (C=O) groups excluding carboxylic acids is 1. The van der Waals surface area contributed by atoms with Crippen molar-refractivity contribution in [1.82, 2.24) is 10.2 Å². The number of benzene rings is 2. The largest absolute Gasteiger partial charge is 0.495 e. The highest BCUT2D eigenvalue weighted by Gasteiger charge is 2.30. The fourth-order valence-electron chi connectivity index (χ4n) is 4.23. The second-order valence-corrected chi connectivity index (χ2v) is 8.40. The van der Waals surface area contributed by atoms with Crippen LogP contribution in [0.25, 0.3) is 11.3 Å². The second kappa shape index (κ2) is 8.77. The number of amides is 1. The van der Waals surface area contributed by atoms with Crippen LogP contribution in [0.5, 0.6) is 5.75 Å². The molecule has 5 nitrogen and oxygen atoms in total. The van der Waals surface area contributed by atoms with Crippen LogP contribution in [0.2, 0.25) is 10.0 Å². The van der Waals surface area contributed by atoms with Crippen LogP contribution in [0, 0.1) is 6.92 Å². The van der Waals surface area contributed by atoms with Crippen molar-refractivity contribution < 1.29 is 9.53 Å². The predicted octanol–water partition coefficient (Wildman–Crippen LogP) is 6.10. The highest BCUT2D eigenvalue weighted by atomic mass is 35.5. The molecule has 1 aliphatic carbocycles. The van der Waals surface area contributed by atoms with E-state index in [9.17, 15) is 4.79 Å². The van der Waals surface area contributed by atoms with Gasteiger partial charge in [0.15, 0.2) is 0 Å². The van der Waals surface area contributed by atoms with Gasteiger partial charge in [0, 0.05) is 21.8 Å². The summed E-state index contributed by atoms with van der Waals surface area (Å²) in [6.45, 7) is 5.48. The topological polar surface area (TPSA) is 67.0 Å². The average Bonchev–Trinajstić information content (AvgIpc) is 3.20. The molecule has 0 spiro atoms. The summed E-state index contributed by atoms with van der Waals surface area (Å²) >= 11 is 13.3. The van der Waals surface area contributed by atoms with Gasteiger partial charge in [-0.15, -0.1) is 0 Å². The molecule has 0 bridgehead atoms. The van der Waals surface area contributed by atoms with Gasteiger partial charge < -0.3 is 10.1 Å². The fourth-order valence-corrected chi connectivity index (χ4v) is 4.96. The molecule has 0 radical (unpaired) electrons. The second-order valence-electron chi connectivity index (χ2n) is 7.65. The molecule has 4 rings (SSSR count). The van der Waals surface area contributed by atoms with Crippen molar-refractivity contribution in [2.24, 2.45) is 0 Å². The molecular weight excluding hydrogens is 433 g/mol. The van der Waals surface area contributed by atoms with Crippen molar-refractivity contribution in [2.45, 2.75) is 32.1 Å². The summed E-state index contributed by atoms with van der Waals surface area (Å²) in [5.74, 6) is 0.543. The number of ether oxygens (including phenoxy) is 1. The number of nitrogens with zero attached hydrogens (tertiary/aromatic N) is 1. The third kappa shape index (κ3) is 3.95. The molecule has 0 unspecified atom stereocenters. The summed E-state index contributed by atoms with van der Waals surface area (Å²) < 4.78 is 5.45. The molecular formula is C24H23Cl2N3O2. The van der Waals surface area contributed by atoms with Crippen LogP contribution in [0.15, 0.2) is 43.0 Å². The predicted molar refractivity (Wildman–Crippen MR) is 125 cm³/mol. The van der Waals surface area contributed by atoms with Crippen LogP contribution >= 0.6 is 23.2 Å². The minimum atomic E-state index is -0.255. The summed E-state index contributed by atoms with van der Waals surface area (Å²) in [7, 11) is 1.61. The molecule has 0 aliphatic heterocycles. The number of methoxy groups -OCH3 is 1.